The van der Waals surface area contributed by atoms with E-state index in [9.17, 15) is 0 Å². The van der Waals surface area contributed by atoms with Gasteiger partial charge in [-0.2, -0.15) is 0 Å². The summed E-state index contributed by atoms with van der Waals surface area (Å²) in [4.78, 5) is 7.78. The van der Waals surface area contributed by atoms with Gasteiger partial charge in [0, 0.05) is 44.4 Å². The Hall–Kier alpha value is -0.650. The number of nitrogens with two attached hydrogens (primary N) is 1. The lowest BCUT2D eigenvalue weighted by atomic mass is 9.96. The highest BCUT2D eigenvalue weighted by Gasteiger charge is 2.15. The Morgan fingerprint density at radius 3 is 2.94 bits per heavy atom. The van der Waals surface area contributed by atoms with Gasteiger partial charge in [0.25, 0.3) is 0 Å². The normalized spacial score (nSPS) is 17.3. The van der Waals surface area contributed by atoms with Gasteiger partial charge in [0.05, 0.1) is 0 Å². The van der Waals surface area contributed by atoms with Gasteiger partial charge >= 0.3 is 0 Å². The summed E-state index contributed by atoms with van der Waals surface area (Å²) in [5.41, 5.74) is 5.59. The monoisotopic (exact) mass is 255 g/mol. The van der Waals surface area contributed by atoms with Crippen molar-refractivity contribution in [1.29, 1.82) is 0 Å². The van der Waals surface area contributed by atoms with E-state index in [0.29, 0.717) is 6.54 Å². The van der Waals surface area contributed by atoms with Crippen LogP contribution in [0, 0.1) is 5.92 Å². The van der Waals surface area contributed by atoms with Crippen LogP contribution in [0.25, 0.3) is 0 Å². The number of hydrogen-bond donors (Lipinski definition) is 1. The van der Waals surface area contributed by atoms with Crippen molar-refractivity contribution in [2.24, 2.45) is 11.7 Å². The second-order valence-corrected chi connectivity index (χ2v) is 5.67. The van der Waals surface area contributed by atoms with E-state index >= 15 is 0 Å². The molecule has 2 heterocycles. The fourth-order valence-electron chi connectivity index (χ4n) is 2.07. The van der Waals surface area contributed by atoms with E-state index in [0.717, 1.165) is 35.7 Å². The summed E-state index contributed by atoms with van der Waals surface area (Å²) in [5.74, 6) is 0.820. The topological polar surface area (TPSA) is 51.4 Å². The molecule has 0 bridgehead atoms. The van der Waals surface area contributed by atoms with E-state index in [4.69, 9.17) is 10.5 Å². The lowest BCUT2D eigenvalue weighted by Crippen LogP contribution is -2.24. The predicted molar refractivity (Wildman–Crippen MR) is 71.4 cm³/mol. The number of nitrogens with zero attached hydrogens (tertiary/aromatic N) is 2. The van der Waals surface area contributed by atoms with Crippen LogP contribution >= 0.6 is 11.3 Å². The fourth-order valence-corrected chi connectivity index (χ4v) is 2.85. The molecule has 0 aromatic carbocycles. The van der Waals surface area contributed by atoms with Crippen molar-refractivity contribution in [3.8, 4) is 0 Å². The zero-order valence-corrected chi connectivity index (χ0v) is 11.2. The van der Waals surface area contributed by atoms with Crippen LogP contribution in [0.5, 0.6) is 0 Å². The molecule has 1 saturated heterocycles. The molecule has 1 aliphatic rings. The zero-order valence-electron chi connectivity index (χ0n) is 10.4. The molecule has 1 aromatic rings. The molecule has 2 N–H and O–H groups in total. The third-order valence-corrected chi connectivity index (χ3v) is 4.42. The molecule has 0 atom stereocenters. The second-order valence-electron chi connectivity index (χ2n) is 4.58. The minimum atomic E-state index is 0.589. The fraction of sp³-hybridized carbons (Fsp3) is 0.750. The van der Waals surface area contributed by atoms with Gasteiger partial charge in [0.15, 0.2) is 5.13 Å². The van der Waals surface area contributed by atoms with E-state index < -0.39 is 0 Å². The van der Waals surface area contributed by atoms with Crippen molar-refractivity contribution in [2.75, 3.05) is 31.7 Å². The number of anilines is 1. The Kier molecular flexibility index (Phi) is 4.76. The quantitative estimate of drug-likeness (QED) is 0.872. The van der Waals surface area contributed by atoms with E-state index in [-0.39, 0.29) is 0 Å². The molecule has 17 heavy (non-hydrogen) atoms. The highest BCUT2D eigenvalue weighted by molar-refractivity contribution is 7.15. The van der Waals surface area contributed by atoms with Crippen LogP contribution < -0.4 is 10.6 Å². The Balaban J connectivity index is 1.77. The SMILES string of the molecule is CN(CCC1CCOCC1)c1ncc(CN)s1. The highest BCUT2D eigenvalue weighted by Crippen LogP contribution is 2.23. The Morgan fingerprint density at radius 2 is 2.29 bits per heavy atom. The lowest BCUT2D eigenvalue weighted by molar-refractivity contribution is 0.0645. The van der Waals surface area contributed by atoms with Gasteiger partial charge in [-0.3, -0.25) is 0 Å². The Morgan fingerprint density at radius 1 is 1.53 bits per heavy atom. The molecule has 2 rings (SSSR count). The summed E-state index contributed by atoms with van der Waals surface area (Å²) in [6.07, 6.45) is 5.53. The summed E-state index contributed by atoms with van der Waals surface area (Å²) >= 11 is 1.69. The van der Waals surface area contributed by atoms with Gasteiger partial charge in [-0.05, 0) is 25.2 Å². The third kappa shape index (κ3) is 3.66. The summed E-state index contributed by atoms with van der Waals surface area (Å²) in [6.45, 7) is 3.53. The van der Waals surface area contributed by atoms with Gasteiger partial charge < -0.3 is 15.4 Å². The predicted octanol–water partition coefficient (Wildman–Crippen LogP) is 1.85. The molecule has 1 fully saturated rings. The summed E-state index contributed by atoms with van der Waals surface area (Å²) in [6, 6.07) is 0. The van der Waals surface area contributed by atoms with Crippen molar-refractivity contribution in [1.82, 2.24) is 4.98 Å². The van der Waals surface area contributed by atoms with Gasteiger partial charge in [0.1, 0.15) is 0 Å². The van der Waals surface area contributed by atoms with Crippen LogP contribution in [0.3, 0.4) is 0 Å². The number of aromatic nitrogens is 1. The number of thiazole rings is 1. The maximum absolute atomic E-state index is 5.59. The first-order chi connectivity index (χ1) is 8.29. The average molecular weight is 255 g/mol. The van der Waals surface area contributed by atoms with E-state index in [2.05, 4.69) is 16.9 Å². The molecular formula is C12H21N3OS. The molecule has 0 saturated carbocycles. The van der Waals surface area contributed by atoms with Crippen molar-refractivity contribution in [3.05, 3.63) is 11.1 Å². The molecule has 4 nitrogen and oxygen atoms in total. The summed E-state index contributed by atoms with van der Waals surface area (Å²) in [7, 11) is 2.11. The average Bonchev–Trinajstić information content (AvgIpc) is 2.86. The summed E-state index contributed by atoms with van der Waals surface area (Å²) < 4.78 is 5.37. The Labute approximate surface area is 107 Å². The first-order valence-corrected chi connectivity index (χ1v) is 7.05. The van der Waals surface area contributed by atoms with E-state index in [1.165, 1.54) is 19.3 Å². The van der Waals surface area contributed by atoms with Crippen molar-refractivity contribution in [3.63, 3.8) is 0 Å². The maximum atomic E-state index is 5.59. The molecule has 96 valence electrons. The van der Waals surface area contributed by atoms with Crippen LogP contribution in [0.4, 0.5) is 5.13 Å². The number of rotatable bonds is 5. The van der Waals surface area contributed by atoms with Gasteiger partial charge in [-0.1, -0.05) is 0 Å². The molecule has 1 aliphatic heterocycles. The van der Waals surface area contributed by atoms with Crippen molar-refractivity contribution < 1.29 is 4.74 Å². The number of hydrogen-bond acceptors (Lipinski definition) is 5. The van der Waals surface area contributed by atoms with Crippen LogP contribution in [-0.2, 0) is 11.3 Å². The zero-order chi connectivity index (χ0) is 12.1. The number of ether oxygens (including phenoxy) is 1. The minimum absolute atomic E-state index is 0.589. The van der Waals surface area contributed by atoms with Crippen LogP contribution in [0.15, 0.2) is 6.20 Å². The van der Waals surface area contributed by atoms with Crippen LogP contribution in [0.2, 0.25) is 0 Å². The molecule has 0 spiro atoms. The molecule has 0 amide bonds. The molecule has 5 heteroatoms. The van der Waals surface area contributed by atoms with E-state index in [1.54, 1.807) is 11.3 Å². The van der Waals surface area contributed by atoms with Gasteiger partial charge in [-0.15, -0.1) is 11.3 Å². The molecular weight excluding hydrogens is 234 g/mol. The Bertz CT molecular complexity index is 336. The van der Waals surface area contributed by atoms with E-state index in [1.807, 2.05) is 6.20 Å². The standard InChI is InChI=1S/C12H21N3OS/c1-15(12-14-9-11(8-13)17-12)5-2-10-3-6-16-7-4-10/h9-10H,2-8,13H2,1H3. The molecule has 0 aliphatic carbocycles. The second kappa shape index (κ2) is 6.33. The van der Waals surface area contributed by atoms with Gasteiger partial charge in [0.2, 0.25) is 0 Å². The maximum Gasteiger partial charge on any atom is 0.185 e. The molecule has 1 aromatic heterocycles. The first kappa shape index (κ1) is 12.8. The largest absolute Gasteiger partial charge is 0.381 e. The highest BCUT2D eigenvalue weighted by atomic mass is 32.1. The lowest BCUT2D eigenvalue weighted by Gasteiger charge is -2.24. The van der Waals surface area contributed by atoms with Crippen molar-refractivity contribution in [2.45, 2.75) is 25.8 Å². The molecule has 0 unspecified atom stereocenters. The first-order valence-electron chi connectivity index (χ1n) is 6.23. The van der Waals surface area contributed by atoms with Crippen molar-refractivity contribution >= 4 is 16.5 Å². The van der Waals surface area contributed by atoms with Gasteiger partial charge in [-0.25, -0.2) is 4.98 Å². The smallest absolute Gasteiger partial charge is 0.185 e. The molecule has 0 radical (unpaired) electrons. The van der Waals surface area contributed by atoms with Crippen LogP contribution in [-0.4, -0.2) is 31.8 Å². The third-order valence-electron chi connectivity index (χ3n) is 3.28. The summed E-state index contributed by atoms with van der Waals surface area (Å²) in [5, 5.41) is 1.08. The van der Waals surface area contributed by atoms with Crippen LogP contribution in [0.1, 0.15) is 24.1 Å². The minimum Gasteiger partial charge on any atom is -0.381 e.